The number of rotatable bonds is 6. The number of nitrogens with zero attached hydrogens (tertiary/aromatic N) is 1. The highest BCUT2D eigenvalue weighted by molar-refractivity contribution is 5.98. The quantitative estimate of drug-likeness (QED) is 0.808. The Morgan fingerprint density at radius 3 is 2.31 bits per heavy atom. The number of ether oxygens (including phenoxy) is 1. The number of esters is 1. The van der Waals surface area contributed by atoms with Gasteiger partial charge in [-0.1, -0.05) is 50.2 Å². The minimum absolute atomic E-state index is 0.00371. The Kier molecular flexibility index (Phi) is 6.51. The molecule has 0 saturated heterocycles. The van der Waals surface area contributed by atoms with E-state index in [4.69, 9.17) is 4.74 Å². The Balaban J connectivity index is 2.16. The maximum Gasteiger partial charge on any atom is 0.339 e. The maximum absolute atomic E-state index is 12.5. The van der Waals surface area contributed by atoms with E-state index in [9.17, 15) is 14.9 Å². The average Bonchev–Trinajstić information content (AvgIpc) is 2.65. The number of carbonyl (C=O) groups excluding carboxylic acids is 2. The van der Waals surface area contributed by atoms with Gasteiger partial charge in [0.25, 0.3) is 5.91 Å². The van der Waals surface area contributed by atoms with Crippen LogP contribution in [0.25, 0.3) is 11.1 Å². The van der Waals surface area contributed by atoms with Crippen molar-refractivity contribution in [2.24, 2.45) is 5.92 Å². The fraction of sp³-hybridized carbons (Fsp3) is 0.286. The lowest BCUT2D eigenvalue weighted by molar-refractivity contribution is -0.125. The molecular formula is C21H22N2O3. The van der Waals surface area contributed by atoms with E-state index in [1.54, 1.807) is 48.5 Å². The van der Waals surface area contributed by atoms with E-state index in [0.717, 1.165) is 0 Å². The molecule has 0 radical (unpaired) electrons. The molecule has 1 N–H and O–H groups in total. The van der Waals surface area contributed by atoms with Crippen LogP contribution < -0.4 is 5.32 Å². The molecule has 0 aliphatic rings. The number of nitriles is 1. The summed E-state index contributed by atoms with van der Waals surface area (Å²) < 4.78 is 5.17. The highest BCUT2D eigenvalue weighted by Gasteiger charge is 2.18. The first-order chi connectivity index (χ1) is 12.4. The van der Waals surface area contributed by atoms with Crippen LogP contribution in [-0.4, -0.2) is 24.5 Å². The molecule has 1 amide bonds. The van der Waals surface area contributed by atoms with Crippen LogP contribution in [-0.2, 0) is 9.53 Å². The monoisotopic (exact) mass is 350 g/mol. The molecule has 0 fully saturated rings. The van der Waals surface area contributed by atoms with E-state index in [1.165, 1.54) is 0 Å². The summed E-state index contributed by atoms with van der Waals surface area (Å²) in [5.41, 5.74) is 2.04. The summed E-state index contributed by atoms with van der Waals surface area (Å²) in [5.74, 6) is -0.645. The van der Waals surface area contributed by atoms with Crippen molar-refractivity contribution in [2.75, 3.05) is 6.61 Å². The van der Waals surface area contributed by atoms with E-state index < -0.39 is 5.97 Å². The van der Waals surface area contributed by atoms with Gasteiger partial charge in [0.1, 0.15) is 0 Å². The lowest BCUT2D eigenvalue weighted by Gasteiger charge is -2.17. The van der Waals surface area contributed by atoms with Gasteiger partial charge in [-0.05, 0) is 30.5 Å². The minimum Gasteiger partial charge on any atom is -0.452 e. The predicted molar refractivity (Wildman–Crippen MR) is 99.3 cm³/mol. The summed E-state index contributed by atoms with van der Waals surface area (Å²) in [6, 6.07) is 16.1. The minimum atomic E-state index is -0.597. The first-order valence-corrected chi connectivity index (χ1v) is 8.49. The maximum atomic E-state index is 12.5. The summed E-state index contributed by atoms with van der Waals surface area (Å²) >= 11 is 0. The molecule has 2 rings (SSSR count). The molecule has 0 aliphatic carbocycles. The van der Waals surface area contributed by atoms with Gasteiger partial charge in [-0.15, -0.1) is 0 Å². The molecule has 0 aromatic heterocycles. The van der Waals surface area contributed by atoms with Crippen molar-refractivity contribution in [1.82, 2.24) is 5.32 Å². The predicted octanol–water partition coefficient (Wildman–Crippen LogP) is 3.54. The van der Waals surface area contributed by atoms with Gasteiger partial charge in [0.2, 0.25) is 0 Å². The van der Waals surface area contributed by atoms with E-state index in [-0.39, 0.29) is 24.5 Å². The highest BCUT2D eigenvalue weighted by atomic mass is 16.5. The van der Waals surface area contributed by atoms with Crippen LogP contribution in [0.5, 0.6) is 0 Å². The van der Waals surface area contributed by atoms with Crippen molar-refractivity contribution in [3.05, 3.63) is 59.7 Å². The zero-order chi connectivity index (χ0) is 19.1. The van der Waals surface area contributed by atoms with E-state index in [1.807, 2.05) is 20.8 Å². The second kappa shape index (κ2) is 8.82. The Morgan fingerprint density at radius 2 is 1.65 bits per heavy atom. The molecule has 0 saturated carbocycles. The van der Waals surface area contributed by atoms with E-state index in [0.29, 0.717) is 22.3 Å². The Bertz CT molecular complexity index is 837. The van der Waals surface area contributed by atoms with Gasteiger partial charge < -0.3 is 10.1 Å². The topological polar surface area (TPSA) is 79.2 Å². The Labute approximate surface area is 153 Å². The molecular weight excluding hydrogens is 328 g/mol. The smallest absolute Gasteiger partial charge is 0.339 e. The van der Waals surface area contributed by atoms with Gasteiger partial charge in [-0.3, -0.25) is 4.79 Å². The van der Waals surface area contributed by atoms with Gasteiger partial charge in [-0.2, -0.15) is 5.26 Å². The molecule has 134 valence electrons. The lowest BCUT2D eigenvalue weighted by atomic mass is 9.96. The number of nitrogens with one attached hydrogen (secondary N) is 1. The summed E-state index contributed by atoms with van der Waals surface area (Å²) in [4.78, 5) is 24.4. The Hall–Kier alpha value is -3.13. The van der Waals surface area contributed by atoms with Crippen LogP contribution in [0.3, 0.4) is 0 Å². The zero-order valence-electron chi connectivity index (χ0n) is 15.2. The van der Waals surface area contributed by atoms with Gasteiger partial charge in [0, 0.05) is 11.6 Å². The first-order valence-electron chi connectivity index (χ1n) is 8.49. The van der Waals surface area contributed by atoms with Gasteiger partial charge >= 0.3 is 5.97 Å². The van der Waals surface area contributed by atoms with Crippen LogP contribution in [0.15, 0.2) is 48.5 Å². The van der Waals surface area contributed by atoms with Gasteiger partial charge in [-0.25, -0.2) is 4.79 Å². The molecule has 0 spiro atoms. The van der Waals surface area contributed by atoms with Gasteiger partial charge in [0.15, 0.2) is 6.61 Å². The largest absolute Gasteiger partial charge is 0.452 e. The molecule has 0 heterocycles. The average molecular weight is 350 g/mol. The zero-order valence-corrected chi connectivity index (χ0v) is 15.2. The SMILES string of the molecule is CC(C)[C@@H](C)NC(=O)COC(=O)c1ccccc1-c1ccccc1C#N. The van der Waals surface area contributed by atoms with Crippen LogP contribution in [0.4, 0.5) is 0 Å². The number of hydrogen-bond acceptors (Lipinski definition) is 4. The van der Waals surface area contributed by atoms with Crippen molar-refractivity contribution in [2.45, 2.75) is 26.8 Å². The van der Waals surface area contributed by atoms with Crippen molar-refractivity contribution in [1.29, 1.82) is 5.26 Å². The van der Waals surface area contributed by atoms with Crippen LogP contribution in [0.2, 0.25) is 0 Å². The lowest BCUT2D eigenvalue weighted by Crippen LogP contribution is -2.38. The molecule has 0 unspecified atom stereocenters. The number of carbonyl (C=O) groups is 2. The highest BCUT2D eigenvalue weighted by Crippen LogP contribution is 2.27. The van der Waals surface area contributed by atoms with Crippen molar-refractivity contribution in [3.8, 4) is 17.2 Å². The number of amides is 1. The fourth-order valence-corrected chi connectivity index (χ4v) is 2.38. The fourth-order valence-electron chi connectivity index (χ4n) is 2.38. The summed E-state index contributed by atoms with van der Waals surface area (Å²) in [5, 5.41) is 12.1. The first kappa shape index (κ1) is 19.2. The standard InChI is InChI=1S/C21H22N2O3/c1-14(2)15(3)23-20(24)13-26-21(25)19-11-7-6-10-18(19)17-9-5-4-8-16(17)12-22/h4-11,14-15H,13H2,1-3H3,(H,23,24)/t15-/m1/s1. The summed E-state index contributed by atoms with van der Waals surface area (Å²) in [7, 11) is 0. The third-order valence-electron chi connectivity index (χ3n) is 4.21. The molecule has 5 nitrogen and oxygen atoms in total. The Morgan fingerprint density at radius 1 is 1.04 bits per heavy atom. The molecule has 26 heavy (non-hydrogen) atoms. The van der Waals surface area contributed by atoms with Crippen LogP contribution in [0, 0.1) is 17.2 Å². The molecule has 2 aromatic carbocycles. The normalized spacial score (nSPS) is 11.5. The van der Waals surface area contributed by atoms with E-state index in [2.05, 4.69) is 11.4 Å². The number of benzene rings is 2. The number of hydrogen-bond donors (Lipinski definition) is 1. The molecule has 1 atom stereocenters. The van der Waals surface area contributed by atoms with Crippen LogP contribution >= 0.6 is 0 Å². The summed E-state index contributed by atoms with van der Waals surface area (Å²) in [6.45, 7) is 5.56. The van der Waals surface area contributed by atoms with Crippen LogP contribution in [0.1, 0.15) is 36.7 Å². The molecule has 5 heteroatoms. The van der Waals surface area contributed by atoms with E-state index >= 15 is 0 Å². The molecule has 2 aromatic rings. The summed E-state index contributed by atoms with van der Waals surface area (Å²) in [6.07, 6.45) is 0. The molecule has 0 aliphatic heterocycles. The second-order valence-electron chi connectivity index (χ2n) is 6.38. The molecule has 0 bridgehead atoms. The van der Waals surface area contributed by atoms with Crippen molar-refractivity contribution < 1.29 is 14.3 Å². The van der Waals surface area contributed by atoms with Crippen molar-refractivity contribution >= 4 is 11.9 Å². The third kappa shape index (κ3) is 4.70. The second-order valence-corrected chi connectivity index (χ2v) is 6.38. The van der Waals surface area contributed by atoms with Crippen molar-refractivity contribution in [3.63, 3.8) is 0 Å². The third-order valence-corrected chi connectivity index (χ3v) is 4.21. The van der Waals surface area contributed by atoms with Gasteiger partial charge in [0.05, 0.1) is 17.2 Å².